The quantitative estimate of drug-likeness (QED) is 0.402. The summed E-state index contributed by atoms with van der Waals surface area (Å²) in [6.07, 6.45) is 0. The van der Waals surface area contributed by atoms with Gasteiger partial charge in [0.2, 0.25) is 0 Å². The molecule has 5 nitrogen and oxygen atoms in total. The number of benzene rings is 3. The maximum Gasteiger partial charge on any atom is 0.257 e. The normalized spacial score (nSPS) is 10.5. The molecular weight excluding hydrogens is 449 g/mol. The van der Waals surface area contributed by atoms with E-state index in [2.05, 4.69) is 29.8 Å². The number of halogens is 2. The van der Waals surface area contributed by atoms with E-state index in [0.717, 1.165) is 5.56 Å². The van der Waals surface area contributed by atoms with Gasteiger partial charge in [0.05, 0.1) is 5.02 Å². The minimum absolute atomic E-state index is 0.0850. The third-order valence-electron chi connectivity index (χ3n) is 4.63. The van der Waals surface area contributed by atoms with Gasteiger partial charge in [0, 0.05) is 22.5 Å². The third-order valence-corrected chi connectivity index (χ3v) is 5.12. The van der Waals surface area contributed by atoms with Crippen molar-refractivity contribution in [2.45, 2.75) is 19.8 Å². The number of hydrogen-bond acceptors (Lipinski definition) is 3. The monoisotopic (exact) mass is 469 g/mol. The summed E-state index contributed by atoms with van der Waals surface area (Å²) in [6, 6.07) is 17.8. The van der Waals surface area contributed by atoms with Gasteiger partial charge >= 0.3 is 0 Å². The zero-order chi connectivity index (χ0) is 23.3. The van der Waals surface area contributed by atoms with Gasteiger partial charge in [0.1, 0.15) is 5.82 Å². The molecule has 32 heavy (non-hydrogen) atoms. The van der Waals surface area contributed by atoms with Crippen LogP contribution in [-0.2, 0) is 0 Å². The minimum Gasteiger partial charge on any atom is -0.332 e. The Morgan fingerprint density at radius 1 is 0.875 bits per heavy atom. The molecule has 3 rings (SSSR count). The third kappa shape index (κ3) is 6.12. The highest BCUT2D eigenvalue weighted by Crippen LogP contribution is 2.20. The molecule has 164 valence electrons. The fourth-order valence-corrected chi connectivity index (χ4v) is 3.26. The number of thiocarbonyl (C=S) groups is 1. The van der Waals surface area contributed by atoms with E-state index in [1.54, 1.807) is 36.4 Å². The molecule has 0 fully saturated rings. The Kier molecular flexibility index (Phi) is 7.56. The molecule has 0 spiro atoms. The zero-order valence-corrected chi connectivity index (χ0v) is 19.0. The predicted octanol–water partition coefficient (Wildman–Crippen LogP) is 5.98. The van der Waals surface area contributed by atoms with E-state index in [9.17, 15) is 14.0 Å². The van der Waals surface area contributed by atoms with Gasteiger partial charge in [-0.1, -0.05) is 43.6 Å². The lowest BCUT2D eigenvalue weighted by molar-refractivity contribution is 0.0976. The summed E-state index contributed by atoms with van der Waals surface area (Å²) in [5.41, 5.74) is 2.86. The minimum atomic E-state index is -0.567. The first-order chi connectivity index (χ1) is 15.2. The zero-order valence-electron chi connectivity index (χ0n) is 17.4. The Labute approximate surface area is 196 Å². The Morgan fingerprint density at radius 2 is 1.56 bits per heavy atom. The molecule has 0 atom stereocenters. The largest absolute Gasteiger partial charge is 0.332 e. The van der Waals surface area contributed by atoms with Crippen molar-refractivity contribution < 1.29 is 14.0 Å². The molecule has 0 aliphatic heterocycles. The smallest absolute Gasteiger partial charge is 0.257 e. The molecular formula is C24H21ClFN3O2S. The van der Waals surface area contributed by atoms with Gasteiger partial charge in [-0.15, -0.1) is 0 Å². The van der Waals surface area contributed by atoms with Crippen molar-refractivity contribution in [2.75, 3.05) is 10.6 Å². The van der Waals surface area contributed by atoms with Crippen LogP contribution in [0, 0.1) is 5.82 Å². The first-order valence-electron chi connectivity index (χ1n) is 9.81. The number of hydrogen-bond donors (Lipinski definition) is 3. The standard InChI is InChI=1S/C24H21ClFN3O2S/c1-14(2)15-6-8-16(9-7-15)22(30)29-24(32)28-18-5-3-4-17(12-18)23(31)27-19-10-11-21(26)20(25)13-19/h3-14H,1-2H3,(H,27,31)(H2,28,29,30,32). The van der Waals surface area contributed by atoms with Crippen LogP contribution in [0.5, 0.6) is 0 Å². The highest BCUT2D eigenvalue weighted by Gasteiger charge is 2.11. The molecule has 3 aromatic rings. The van der Waals surface area contributed by atoms with Crippen LogP contribution in [0.4, 0.5) is 15.8 Å². The fourth-order valence-electron chi connectivity index (χ4n) is 2.87. The van der Waals surface area contributed by atoms with Crippen molar-refractivity contribution in [3.8, 4) is 0 Å². The summed E-state index contributed by atoms with van der Waals surface area (Å²) in [6.45, 7) is 4.16. The van der Waals surface area contributed by atoms with Gasteiger partial charge in [-0.3, -0.25) is 14.9 Å². The number of rotatable bonds is 5. The van der Waals surface area contributed by atoms with E-state index in [1.807, 2.05) is 12.1 Å². The number of anilines is 2. The van der Waals surface area contributed by atoms with Crippen LogP contribution in [-0.4, -0.2) is 16.9 Å². The highest BCUT2D eigenvalue weighted by molar-refractivity contribution is 7.80. The first-order valence-corrected chi connectivity index (χ1v) is 10.6. The summed E-state index contributed by atoms with van der Waals surface area (Å²) in [5.74, 6) is -0.932. The summed E-state index contributed by atoms with van der Waals surface area (Å²) >= 11 is 11.0. The molecule has 0 aliphatic rings. The number of nitrogens with one attached hydrogen (secondary N) is 3. The predicted molar refractivity (Wildman–Crippen MR) is 130 cm³/mol. The molecule has 8 heteroatoms. The average molecular weight is 470 g/mol. The number of carbonyl (C=O) groups is 2. The summed E-state index contributed by atoms with van der Waals surface area (Å²) < 4.78 is 13.3. The second-order valence-corrected chi connectivity index (χ2v) is 8.16. The van der Waals surface area contributed by atoms with Crippen LogP contribution in [0.2, 0.25) is 5.02 Å². The van der Waals surface area contributed by atoms with Crippen molar-refractivity contribution in [3.05, 3.63) is 94.3 Å². The van der Waals surface area contributed by atoms with Crippen LogP contribution >= 0.6 is 23.8 Å². The van der Waals surface area contributed by atoms with Gasteiger partial charge in [-0.2, -0.15) is 0 Å². The molecule has 2 amide bonds. The number of carbonyl (C=O) groups excluding carboxylic acids is 2. The Hall–Kier alpha value is -3.29. The second-order valence-electron chi connectivity index (χ2n) is 7.35. The van der Waals surface area contributed by atoms with E-state index in [1.165, 1.54) is 18.2 Å². The van der Waals surface area contributed by atoms with E-state index >= 15 is 0 Å². The average Bonchev–Trinajstić information content (AvgIpc) is 2.76. The lowest BCUT2D eigenvalue weighted by atomic mass is 10.0. The fraction of sp³-hybridized carbons (Fsp3) is 0.125. The van der Waals surface area contributed by atoms with E-state index < -0.39 is 11.7 Å². The molecule has 0 aliphatic carbocycles. The molecule has 0 aromatic heterocycles. The summed E-state index contributed by atoms with van der Waals surface area (Å²) in [5, 5.41) is 8.19. The van der Waals surface area contributed by atoms with E-state index in [0.29, 0.717) is 28.4 Å². The molecule has 0 heterocycles. The lowest BCUT2D eigenvalue weighted by Gasteiger charge is -2.12. The highest BCUT2D eigenvalue weighted by atomic mass is 35.5. The second kappa shape index (κ2) is 10.3. The van der Waals surface area contributed by atoms with E-state index in [-0.39, 0.29) is 16.0 Å². The lowest BCUT2D eigenvalue weighted by Crippen LogP contribution is -2.34. The first kappa shape index (κ1) is 23.4. The van der Waals surface area contributed by atoms with Gasteiger partial charge in [-0.05, 0) is 72.2 Å². The molecule has 3 aromatic carbocycles. The van der Waals surface area contributed by atoms with Crippen LogP contribution < -0.4 is 16.0 Å². The topological polar surface area (TPSA) is 70.2 Å². The van der Waals surface area contributed by atoms with Gasteiger partial charge < -0.3 is 10.6 Å². The summed E-state index contributed by atoms with van der Waals surface area (Å²) in [4.78, 5) is 24.9. The maximum atomic E-state index is 13.3. The van der Waals surface area contributed by atoms with Crippen LogP contribution in [0.15, 0.2) is 66.7 Å². The van der Waals surface area contributed by atoms with Crippen LogP contribution in [0.25, 0.3) is 0 Å². The molecule has 0 saturated heterocycles. The number of amides is 2. The molecule has 0 saturated carbocycles. The molecule has 0 radical (unpaired) electrons. The molecule has 0 unspecified atom stereocenters. The van der Waals surface area contributed by atoms with Crippen molar-refractivity contribution in [2.24, 2.45) is 0 Å². The molecule has 0 bridgehead atoms. The van der Waals surface area contributed by atoms with Crippen LogP contribution in [0.1, 0.15) is 46.0 Å². The Balaban J connectivity index is 1.62. The SMILES string of the molecule is CC(C)c1ccc(C(=O)NC(=S)Nc2cccc(C(=O)Nc3ccc(F)c(Cl)c3)c2)cc1. The van der Waals surface area contributed by atoms with Crippen molar-refractivity contribution in [1.29, 1.82) is 0 Å². The van der Waals surface area contributed by atoms with Crippen molar-refractivity contribution in [3.63, 3.8) is 0 Å². The van der Waals surface area contributed by atoms with Crippen molar-refractivity contribution >= 4 is 52.1 Å². The van der Waals surface area contributed by atoms with Crippen LogP contribution in [0.3, 0.4) is 0 Å². The molecule has 3 N–H and O–H groups in total. The Bertz CT molecular complexity index is 1170. The van der Waals surface area contributed by atoms with Gasteiger partial charge in [0.15, 0.2) is 5.11 Å². The van der Waals surface area contributed by atoms with Crippen molar-refractivity contribution in [1.82, 2.24) is 5.32 Å². The van der Waals surface area contributed by atoms with Gasteiger partial charge in [0.25, 0.3) is 11.8 Å². The van der Waals surface area contributed by atoms with E-state index in [4.69, 9.17) is 23.8 Å². The maximum absolute atomic E-state index is 13.3. The summed E-state index contributed by atoms with van der Waals surface area (Å²) in [7, 11) is 0. The van der Waals surface area contributed by atoms with Gasteiger partial charge in [-0.25, -0.2) is 4.39 Å². The Morgan fingerprint density at radius 3 is 2.22 bits per heavy atom.